The SMILES string of the molecule is CC(C)(C)n1nnnc1[C@H](c1cc2cc3c(cc2[nH]c1=O)OCO3)N1CC=C(c2ccc(F)cc2)CC1. The molecule has 0 bridgehead atoms. The molecule has 1 N–H and O–H groups in total. The Balaban J connectivity index is 1.45. The second-order valence-corrected chi connectivity index (χ2v) is 10.3. The molecule has 0 fully saturated rings. The summed E-state index contributed by atoms with van der Waals surface area (Å²) in [7, 11) is 0. The maximum absolute atomic E-state index is 13.5. The predicted molar refractivity (Wildman–Crippen MR) is 136 cm³/mol. The summed E-state index contributed by atoms with van der Waals surface area (Å²) in [5.41, 5.74) is 2.75. The third kappa shape index (κ3) is 4.27. The first-order chi connectivity index (χ1) is 17.8. The van der Waals surface area contributed by atoms with Gasteiger partial charge in [0.1, 0.15) is 11.9 Å². The highest BCUT2D eigenvalue weighted by molar-refractivity contribution is 5.83. The molecule has 6 rings (SSSR count). The lowest BCUT2D eigenvalue weighted by atomic mass is 9.96. The van der Waals surface area contributed by atoms with Crippen molar-refractivity contribution in [1.29, 1.82) is 0 Å². The van der Waals surface area contributed by atoms with Crippen LogP contribution < -0.4 is 15.0 Å². The molecule has 9 nitrogen and oxygen atoms in total. The van der Waals surface area contributed by atoms with Gasteiger partial charge in [0.25, 0.3) is 5.56 Å². The second kappa shape index (κ2) is 8.81. The van der Waals surface area contributed by atoms with Gasteiger partial charge in [-0.2, -0.15) is 0 Å². The number of nitrogens with one attached hydrogen (secondary N) is 1. The van der Waals surface area contributed by atoms with Crippen LogP contribution in [0.15, 0.2) is 53.3 Å². The highest BCUT2D eigenvalue weighted by Gasteiger charge is 2.34. The number of tetrazole rings is 1. The van der Waals surface area contributed by atoms with Crippen LogP contribution in [0.4, 0.5) is 4.39 Å². The topological polar surface area (TPSA) is 98.2 Å². The molecule has 1 atom stereocenters. The molecule has 190 valence electrons. The molecule has 37 heavy (non-hydrogen) atoms. The quantitative estimate of drug-likeness (QED) is 0.450. The van der Waals surface area contributed by atoms with Crippen molar-refractivity contribution in [2.24, 2.45) is 0 Å². The molecule has 0 unspecified atom stereocenters. The van der Waals surface area contributed by atoms with E-state index in [4.69, 9.17) is 9.47 Å². The number of fused-ring (bicyclic) bond motifs is 2. The van der Waals surface area contributed by atoms with Crippen LogP contribution in [0.3, 0.4) is 0 Å². The molecule has 2 aromatic carbocycles. The lowest BCUT2D eigenvalue weighted by Crippen LogP contribution is -2.39. The molecule has 0 aliphatic carbocycles. The zero-order chi connectivity index (χ0) is 25.7. The number of ether oxygens (including phenoxy) is 2. The average molecular weight is 503 g/mol. The largest absolute Gasteiger partial charge is 0.454 e. The molecule has 2 aromatic heterocycles. The van der Waals surface area contributed by atoms with Crippen LogP contribution in [-0.4, -0.2) is 50.0 Å². The van der Waals surface area contributed by atoms with Crippen LogP contribution in [0.2, 0.25) is 0 Å². The Hall–Kier alpha value is -4.05. The van der Waals surface area contributed by atoms with Crippen LogP contribution in [0.5, 0.6) is 11.5 Å². The van der Waals surface area contributed by atoms with Crippen molar-refractivity contribution >= 4 is 16.5 Å². The molecular weight excluding hydrogens is 475 g/mol. The van der Waals surface area contributed by atoms with E-state index in [2.05, 4.69) is 31.5 Å². The summed E-state index contributed by atoms with van der Waals surface area (Å²) in [5, 5.41) is 13.5. The highest BCUT2D eigenvalue weighted by Crippen LogP contribution is 2.37. The molecule has 10 heteroatoms. The smallest absolute Gasteiger partial charge is 0.253 e. The summed E-state index contributed by atoms with van der Waals surface area (Å²) >= 11 is 0. The Morgan fingerprint density at radius 2 is 1.84 bits per heavy atom. The molecule has 4 heterocycles. The second-order valence-electron chi connectivity index (χ2n) is 10.3. The number of aromatic amines is 1. The summed E-state index contributed by atoms with van der Waals surface area (Å²) in [4.78, 5) is 18.7. The molecule has 0 radical (unpaired) electrons. The molecule has 0 spiro atoms. The predicted octanol–water partition coefficient (Wildman–Crippen LogP) is 4.02. The van der Waals surface area contributed by atoms with Gasteiger partial charge in [-0.05, 0) is 73.0 Å². The summed E-state index contributed by atoms with van der Waals surface area (Å²) in [5.74, 6) is 1.59. The molecular formula is C27H27FN6O3. The van der Waals surface area contributed by atoms with Crippen molar-refractivity contribution in [3.8, 4) is 11.5 Å². The lowest BCUT2D eigenvalue weighted by Gasteiger charge is -2.34. The zero-order valence-corrected chi connectivity index (χ0v) is 20.9. The minimum Gasteiger partial charge on any atom is -0.454 e. The summed E-state index contributed by atoms with van der Waals surface area (Å²) in [6, 6.07) is 11.6. The summed E-state index contributed by atoms with van der Waals surface area (Å²) in [6.07, 6.45) is 2.87. The maximum Gasteiger partial charge on any atom is 0.253 e. The standard InChI is InChI=1S/C27H27FN6O3/c1-27(2,3)34-25(30-31-32-34)24(33-10-8-17(9-11-33)16-4-6-19(28)7-5-16)20-12-18-13-22-23(37-15-36-22)14-21(18)29-26(20)35/h4-8,12-14,24H,9-11,15H2,1-3H3,(H,29,35)/t24-/m0/s1. The number of H-pyrrole nitrogens is 1. The van der Waals surface area contributed by atoms with E-state index in [-0.39, 0.29) is 18.2 Å². The Morgan fingerprint density at radius 1 is 1.08 bits per heavy atom. The molecule has 0 amide bonds. The van der Waals surface area contributed by atoms with E-state index in [0.29, 0.717) is 41.5 Å². The normalized spacial score (nSPS) is 16.7. The van der Waals surface area contributed by atoms with E-state index in [1.165, 1.54) is 12.1 Å². The van der Waals surface area contributed by atoms with Crippen LogP contribution in [0.1, 0.15) is 50.2 Å². The third-order valence-electron chi connectivity index (χ3n) is 6.86. The number of nitrogens with zero attached hydrogens (tertiary/aromatic N) is 5. The number of pyridine rings is 1. The first-order valence-corrected chi connectivity index (χ1v) is 12.2. The van der Waals surface area contributed by atoms with E-state index in [0.717, 1.165) is 22.9 Å². The minimum absolute atomic E-state index is 0.155. The summed E-state index contributed by atoms with van der Waals surface area (Å²) in [6.45, 7) is 7.48. The number of aromatic nitrogens is 5. The van der Waals surface area contributed by atoms with Crippen molar-refractivity contribution < 1.29 is 13.9 Å². The fourth-order valence-electron chi connectivity index (χ4n) is 5.00. The highest BCUT2D eigenvalue weighted by atomic mass is 19.1. The van der Waals surface area contributed by atoms with E-state index in [1.54, 1.807) is 22.9 Å². The molecule has 2 aliphatic heterocycles. The molecule has 0 saturated heterocycles. The van der Waals surface area contributed by atoms with Gasteiger partial charge in [0.15, 0.2) is 17.3 Å². The van der Waals surface area contributed by atoms with Crippen molar-refractivity contribution in [3.63, 3.8) is 0 Å². The van der Waals surface area contributed by atoms with Gasteiger partial charge in [0.2, 0.25) is 6.79 Å². The van der Waals surface area contributed by atoms with Crippen molar-refractivity contribution in [2.45, 2.75) is 38.8 Å². The molecule has 2 aliphatic rings. The molecule has 4 aromatic rings. The first-order valence-electron chi connectivity index (χ1n) is 12.2. The van der Waals surface area contributed by atoms with Crippen LogP contribution in [-0.2, 0) is 5.54 Å². The van der Waals surface area contributed by atoms with Gasteiger partial charge in [-0.3, -0.25) is 9.69 Å². The van der Waals surface area contributed by atoms with E-state index < -0.39 is 11.6 Å². The number of benzene rings is 2. The number of halogens is 1. The van der Waals surface area contributed by atoms with Gasteiger partial charge in [0, 0.05) is 30.1 Å². The summed E-state index contributed by atoms with van der Waals surface area (Å²) < 4.78 is 26.2. The Morgan fingerprint density at radius 3 is 2.54 bits per heavy atom. The Labute approximate surface area is 212 Å². The third-order valence-corrected chi connectivity index (χ3v) is 6.86. The minimum atomic E-state index is -0.487. The van der Waals surface area contributed by atoms with Crippen LogP contribution >= 0.6 is 0 Å². The van der Waals surface area contributed by atoms with Gasteiger partial charge in [0.05, 0.1) is 11.1 Å². The van der Waals surface area contributed by atoms with Crippen molar-refractivity contribution in [2.75, 3.05) is 19.9 Å². The van der Waals surface area contributed by atoms with E-state index in [1.807, 2.05) is 32.9 Å². The Bertz CT molecular complexity index is 1570. The van der Waals surface area contributed by atoms with E-state index >= 15 is 0 Å². The molecule has 0 saturated carbocycles. The van der Waals surface area contributed by atoms with Gasteiger partial charge < -0.3 is 14.5 Å². The van der Waals surface area contributed by atoms with Crippen molar-refractivity contribution in [3.05, 3.63) is 81.7 Å². The van der Waals surface area contributed by atoms with Gasteiger partial charge in [-0.25, -0.2) is 9.07 Å². The van der Waals surface area contributed by atoms with Crippen LogP contribution in [0.25, 0.3) is 16.5 Å². The fourth-order valence-corrected chi connectivity index (χ4v) is 5.00. The maximum atomic E-state index is 13.5. The van der Waals surface area contributed by atoms with Crippen LogP contribution in [0, 0.1) is 5.82 Å². The zero-order valence-electron chi connectivity index (χ0n) is 20.9. The first kappa shape index (κ1) is 23.4. The number of rotatable bonds is 4. The average Bonchev–Trinajstić information content (AvgIpc) is 3.54. The Kier molecular flexibility index (Phi) is 5.56. The van der Waals surface area contributed by atoms with Gasteiger partial charge >= 0.3 is 0 Å². The number of hydrogen-bond acceptors (Lipinski definition) is 7. The van der Waals surface area contributed by atoms with E-state index in [9.17, 15) is 9.18 Å². The fraction of sp³-hybridized carbons (Fsp3) is 0.333. The van der Waals surface area contributed by atoms with Gasteiger partial charge in [-0.15, -0.1) is 5.10 Å². The van der Waals surface area contributed by atoms with Crippen molar-refractivity contribution in [1.82, 2.24) is 30.1 Å². The monoisotopic (exact) mass is 502 g/mol. The van der Waals surface area contributed by atoms with Gasteiger partial charge in [-0.1, -0.05) is 18.2 Å². The lowest BCUT2D eigenvalue weighted by molar-refractivity contribution is 0.174. The number of hydrogen-bond donors (Lipinski definition) is 1.